The largest absolute Gasteiger partial charge is 0.494 e. The molecule has 0 aliphatic carbocycles. The zero-order valence-electron chi connectivity index (χ0n) is 12.1. The van der Waals surface area contributed by atoms with Crippen molar-refractivity contribution in [1.82, 2.24) is 5.48 Å². The van der Waals surface area contributed by atoms with E-state index < -0.39 is 0 Å². The van der Waals surface area contributed by atoms with Crippen LogP contribution in [0.15, 0.2) is 18.2 Å². The van der Waals surface area contributed by atoms with Crippen LogP contribution in [0.5, 0.6) is 5.75 Å². The van der Waals surface area contributed by atoms with Crippen LogP contribution in [0.2, 0.25) is 0 Å². The van der Waals surface area contributed by atoms with Gasteiger partial charge in [0.15, 0.2) is 0 Å². The number of aryl methyl sites for hydroxylation is 1. The van der Waals surface area contributed by atoms with E-state index in [-0.39, 0.29) is 5.92 Å². The molecule has 0 spiro atoms. The second kappa shape index (κ2) is 9.23. The summed E-state index contributed by atoms with van der Waals surface area (Å²) in [5.41, 5.74) is 5.06. The predicted octanol–water partition coefficient (Wildman–Crippen LogP) is 2.58. The molecule has 0 unspecified atom stereocenters. The van der Waals surface area contributed by atoms with Gasteiger partial charge in [-0.05, 0) is 43.0 Å². The van der Waals surface area contributed by atoms with Crippen LogP contribution in [0.3, 0.4) is 0 Å². The summed E-state index contributed by atoms with van der Waals surface area (Å²) in [5.74, 6) is 0.755. The van der Waals surface area contributed by atoms with Gasteiger partial charge in [-0.15, -0.1) is 0 Å². The van der Waals surface area contributed by atoms with Gasteiger partial charge in [-0.1, -0.05) is 6.07 Å². The van der Waals surface area contributed by atoms with E-state index in [4.69, 9.17) is 20.4 Å². The maximum absolute atomic E-state index is 7.24. The second-order valence-corrected chi connectivity index (χ2v) is 4.48. The topological polar surface area (TPSA) is 78.2 Å². The first kappa shape index (κ1) is 16.3. The third-order valence-corrected chi connectivity index (χ3v) is 2.95. The van der Waals surface area contributed by atoms with Crippen LogP contribution in [0.1, 0.15) is 24.5 Å². The van der Waals surface area contributed by atoms with E-state index in [2.05, 4.69) is 11.5 Å². The molecule has 1 rings (SSSR count). The van der Waals surface area contributed by atoms with Crippen molar-refractivity contribution >= 4 is 12.4 Å². The van der Waals surface area contributed by atoms with Crippen molar-refractivity contribution in [1.29, 1.82) is 10.8 Å². The zero-order chi connectivity index (χ0) is 14.8. The third-order valence-electron chi connectivity index (χ3n) is 2.95. The van der Waals surface area contributed by atoms with Crippen LogP contribution in [0.4, 0.5) is 0 Å². The Kier molecular flexibility index (Phi) is 7.54. The lowest BCUT2D eigenvalue weighted by Crippen LogP contribution is -2.11. The Morgan fingerprint density at radius 2 is 1.90 bits per heavy atom. The quantitative estimate of drug-likeness (QED) is 0.454. The highest BCUT2D eigenvalue weighted by molar-refractivity contribution is 5.80. The highest BCUT2D eigenvalue weighted by Crippen LogP contribution is 2.19. The molecular formula is C15H23N3O2. The molecule has 0 amide bonds. The lowest BCUT2D eigenvalue weighted by atomic mass is 9.99. The molecule has 0 heterocycles. The molecule has 1 aromatic rings. The average molecular weight is 277 g/mol. The Bertz CT molecular complexity index is 427. The summed E-state index contributed by atoms with van der Waals surface area (Å²) < 4.78 is 5.57. The van der Waals surface area contributed by atoms with E-state index in [1.54, 1.807) is 7.11 Å². The highest BCUT2D eigenvalue weighted by Gasteiger charge is 2.06. The number of rotatable bonds is 10. The van der Waals surface area contributed by atoms with Crippen molar-refractivity contribution in [3.63, 3.8) is 0 Å². The molecule has 0 fully saturated rings. The van der Waals surface area contributed by atoms with E-state index in [0.717, 1.165) is 29.7 Å². The number of hydroxylamine groups is 1. The Morgan fingerprint density at radius 1 is 1.20 bits per heavy atom. The summed E-state index contributed by atoms with van der Waals surface area (Å²) in [5, 5.41) is 14.5. The molecule has 0 saturated heterocycles. The van der Waals surface area contributed by atoms with Crippen LogP contribution >= 0.6 is 0 Å². The van der Waals surface area contributed by atoms with Crippen molar-refractivity contribution in [3.8, 4) is 5.75 Å². The molecule has 0 bridgehead atoms. The predicted molar refractivity (Wildman–Crippen MR) is 80.8 cm³/mol. The van der Waals surface area contributed by atoms with E-state index in [1.165, 1.54) is 12.4 Å². The van der Waals surface area contributed by atoms with E-state index >= 15 is 0 Å². The molecule has 0 radical (unpaired) electrons. The van der Waals surface area contributed by atoms with Gasteiger partial charge in [0.2, 0.25) is 0 Å². The summed E-state index contributed by atoms with van der Waals surface area (Å²) in [6, 6.07) is 6.11. The van der Waals surface area contributed by atoms with Gasteiger partial charge in [0.25, 0.3) is 0 Å². The standard InChI is InChI=1S/C15H23N3O2/c1-3-20-15-7-12(4-5-13(9-16)10-17)6-14(8-15)11-18-19-2/h6-10,13,16-18H,3-5,11H2,1-2H3. The van der Waals surface area contributed by atoms with Crippen LogP contribution in [0.25, 0.3) is 0 Å². The fraction of sp³-hybridized carbons (Fsp3) is 0.467. The van der Waals surface area contributed by atoms with Gasteiger partial charge >= 0.3 is 0 Å². The molecule has 0 aromatic heterocycles. The first-order chi connectivity index (χ1) is 9.73. The van der Waals surface area contributed by atoms with Gasteiger partial charge in [-0.2, -0.15) is 5.48 Å². The molecule has 5 heteroatoms. The number of benzene rings is 1. The monoisotopic (exact) mass is 277 g/mol. The van der Waals surface area contributed by atoms with Crippen molar-refractivity contribution in [2.24, 2.45) is 5.92 Å². The van der Waals surface area contributed by atoms with Crippen molar-refractivity contribution in [2.45, 2.75) is 26.3 Å². The smallest absolute Gasteiger partial charge is 0.119 e. The van der Waals surface area contributed by atoms with E-state index in [0.29, 0.717) is 13.2 Å². The van der Waals surface area contributed by atoms with Gasteiger partial charge in [0.1, 0.15) is 5.75 Å². The third kappa shape index (κ3) is 5.50. The van der Waals surface area contributed by atoms with E-state index in [9.17, 15) is 0 Å². The van der Waals surface area contributed by atoms with Crippen molar-refractivity contribution < 1.29 is 9.57 Å². The Morgan fingerprint density at radius 3 is 2.50 bits per heavy atom. The molecule has 0 saturated carbocycles. The molecule has 0 aliphatic heterocycles. The summed E-state index contributed by atoms with van der Waals surface area (Å²) >= 11 is 0. The summed E-state index contributed by atoms with van der Waals surface area (Å²) in [6.45, 7) is 3.20. The molecule has 0 atom stereocenters. The van der Waals surface area contributed by atoms with Gasteiger partial charge in [-0.25, -0.2) is 0 Å². The summed E-state index contributed by atoms with van der Waals surface area (Å²) in [7, 11) is 1.59. The fourth-order valence-corrected chi connectivity index (χ4v) is 1.93. The van der Waals surface area contributed by atoms with Gasteiger partial charge in [0, 0.05) is 24.9 Å². The number of ether oxygens (including phenoxy) is 1. The molecule has 0 aliphatic rings. The minimum atomic E-state index is -0.0914. The van der Waals surface area contributed by atoms with Gasteiger partial charge in [0.05, 0.1) is 13.7 Å². The Hall–Kier alpha value is -1.72. The maximum Gasteiger partial charge on any atom is 0.119 e. The maximum atomic E-state index is 7.24. The minimum Gasteiger partial charge on any atom is -0.494 e. The minimum absolute atomic E-state index is 0.0914. The molecule has 20 heavy (non-hydrogen) atoms. The first-order valence-electron chi connectivity index (χ1n) is 6.76. The summed E-state index contributed by atoms with van der Waals surface area (Å²) in [4.78, 5) is 4.87. The highest BCUT2D eigenvalue weighted by atomic mass is 16.6. The summed E-state index contributed by atoms with van der Waals surface area (Å²) in [6.07, 6.45) is 4.20. The zero-order valence-corrected chi connectivity index (χ0v) is 12.1. The van der Waals surface area contributed by atoms with Crippen LogP contribution in [-0.4, -0.2) is 26.1 Å². The average Bonchev–Trinajstić information content (AvgIpc) is 2.46. The molecular weight excluding hydrogens is 254 g/mol. The number of nitrogens with one attached hydrogen (secondary N) is 3. The lowest BCUT2D eigenvalue weighted by molar-refractivity contribution is 0.0866. The van der Waals surface area contributed by atoms with Gasteiger partial charge < -0.3 is 20.4 Å². The van der Waals surface area contributed by atoms with Crippen LogP contribution in [0, 0.1) is 16.7 Å². The van der Waals surface area contributed by atoms with Crippen molar-refractivity contribution in [2.75, 3.05) is 13.7 Å². The Balaban J connectivity index is 2.78. The SMILES string of the molecule is CCOc1cc(CCC(C=N)C=N)cc(CNOC)c1. The van der Waals surface area contributed by atoms with Gasteiger partial charge in [-0.3, -0.25) is 0 Å². The second-order valence-electron chi connectivity index (χ2n) is 4.48. The molecule has 1 aromatic carbocycles. The number of hydrogen-bond acceptors (Lipinski definition) is 5. The van der Waals surface area contributed by atoms with Crippen molar-refractivity contribution in [3.05, 3.63) is 29.3 Å². The lowest BCUT2D eigenvalue weighted by Gasteiger charge is -2.11. The molecule has 5 nitrogen and oxygen atoms in total. The van der Waals surface area contributed by atoms with Crippen LogP contribution in [-0.2, 0) is 17.8 Å². The molecule has 3 N–H and O–H groups in total. The first-order valence-corrected chi connectivity index (χ1v) is 6.76. The van der Waals surface area contributed by atoms with E-state index in [1.807, 2.05) is 19.1 Å². The number of hydrogen-bond donors (Lipinski definition) is 3. The fourth-order valence-electron chi connectivity index (χ4n) is 1.93. The van der Waals surface area contributed by atoms with Crippen LogP contribution < -0.4 is 10.2 Å². The molecule has 110 valence electrons. The Labute approximate surface area is 120 Å². The normalized spacial score (nSPS) is 11.9.